The first-order valence-corrected chi connectivity index (χ1v) is 4.14. The molecular weight excluding hydrogens is 138 g/mol. The van der Waals surface area contributed by atoms with Gasteiger partial charge in [0.2, 0.25) is 0 Å². The molecule has 2 N–H and O–H groups in total. The van der Waals surface area contributed by atoms with Gasteiger partial charge in [-0.2, -0.15) is 0 Å². The van der Waals surface area contributed by atoms with Crippen molar-refractivity contribution in [3.8, 4) is 0 Å². The zero-order valence-electron chi connectivity index (χ0n) is 8.36. The molecular formula is C9H21NO. The highest BCUT2D eigenvalue weighted by molar-refractivity contribution is 4.71. The van der Waals surface area contributed by atoms with E-state index in [2.05, 4.69) is 26.1 Å². The molecule has 0 aliphatic carbocycles. The summed E-state index contributed by atoms with van der Waals surface area (Å²) in [5, 5.41) is 12.6. The summed E-state index contributed by atoms with van der Waals surface area (Å²) >= 11 is 0. The predicted molar refractivity (Wildman–Crippen MR) is 48.6 cm³/mol. The topological polar surface area (TPSA) is 32.3 Å². The van der Waals surface area contributed by atoms with Gasteiger partial charge in [0.1, 0.15) is 0 Å². The molecule has 2 nitrogen and oxygen atoms in total. The van der Waals surface area contributed by atoms with Crippen LogP contribution < -0.4 is 5.32 Å². The van der Waals surface area contributed by atoms with Crippen molar-refractivity contribution in [2.24, 2.45) is 5.41 Å². The minimum atomic E-state index is -0.592. The summed E-state index contributed by atoms with van der Waals surface area (Å²) in [6.07, 6.45) is 0. The molecule has 0 aliphatic rings. The van der Waals surface area contributed by atoms with Gasteiger partial charge in [0.25, 0.3) is 0 Å². The summed E-state index contributed by atoms with van der Waals surface area (Å²) in [6, 6.07) is 0. The molecule has 0 aliphatic heterocycles. The van der Waals surface area contributed by atoms with Crippen molar-refractivity contribution in [2.45, 2.75) is 40.2 Å². The second kappa shape index (κ2) is 3.55. The first-order chi connectivity index (χ1) is 4.71. The maximum absolute atomic E-state index is 9.35. The molecule has 0 aromatic rings. The predicted octanol–water partition coefficient (Wildman–Crippen LogP) is 1.39. The van der Waals surface area contributed by atoms with E-state index in [1.165, 1.54) is 0 Å². The highest BCUT2D eigenvalue weighted by Gasteiger charge is 2.14. The Labute approximate surface area is 70.0 Å². The van der Waals surface area contributed by atoms with Crippen LogP contribution >= 0.6 is 0 Å². The molecule has 0 aromatic heterocycles. The van der Waals surface area contributed by atoms with Gasteiger partial charge in [0, 0.05) is 13.1 Å². The SMILES string of the molecule is CC(C)(C)CNCC(C)(C)O. The third-order valence-corrected chi connectivity index (χ3v) is 1.21. The lowest BCUT2D eigenvalue weighted by molar-refractivity contribution is 0.0774. The van der Waals surface area contributed by atoms with Crippen molar-refractivity contribution in [3.63, 3.8) is 0 Å². The molecule has 0 heterocycles. The molecule has 0 amide bonds. The summed E-state index contributed by atoms with van der Waals surface area (Å²) in [7, 11) is 0. The van der Waals surface area contributed by atoms with Crippen LogP contribution in [-0.4, -0.2) is 23.8 Å². The van der Waals surface area contributed by atoms with Gasteiger partial charge in [0.15, 0.2) is 0 Å². The minimum absolute atomic E-state index is 0.297. The summed E-state index contributed by atoms with van der Waals surface area (Å²) in [4.78, 5) is 0. The Bertz CT molecular complexity index is 93.7. The standard InChI is InChI=1S/C9H21NO/c1-8(2,3)6-10-7-9(4,5)11/h10-11H,6-7H2,1-5H3. The van der Waals surface area contributed by atoms with Crippen molar-refractivity contribution in [1.29, 1.82) is 0 Å². The van der Waals surface area contributed by atoms with Crippen molar-refractivity contribution < 1.29 is 5.11 Å². The van der Waals surface area contributed by atoms with Crippen LogP contribution in [0.25, 0.3) is 0 Å². The van der Waals surface area contributed by atoms with E-state index in [1.54, 1.807) is 0 Å². The number of nitrogens with one attached hydrogen (secondary N) is 1. The van der Waals surface area contributed by atoms with Crippen molar-refractivity contribution in [1.82, 2.24) is 5.32 Å². The minimum Gasteiger partial charge on any atom is -0.389 e. The zero-order chi connectivity index (χ0) is 9.12. The largest absolute Gasteiger partial charge is 0.389 e. The van der Waals surface area contributed by atoms with Crippen LogP contribution in [0, 0.1) is 5.41 Å². The third-order valence-electron chi connectivity index (χ3n) is 1.21. The summed E-state index contributed by atoms with van der Waals surface area (Å²) in [5.41, 5.74) is -0.295. The van der Waals surface area contributed by atoms with Gasteiger partial charge in [-0.15, -0.1) is 0 Å². The number of hydrogen-bond acceptors (Lipinski definition) is 2. The lowest BCUT2D eigenvalue weighted by atomic mass is 9.96. The van der Waals surface area contributed by atoms with Gasteiger partial charge in [-0.3, -0.25) is 0 Å². The summed E-state index contributed by atoms with van der Waals surface area (Å²) in [6.45, 7) is 11.7. The van der Waals surface area contributed by atoms with E-state index in [0.717, 1.165) is 6.54 Å². The molecule has 2 heteroatoms. The Morgan fingerprint density at radius 3 is 1.73 bits per heavy atom. The van der Waals surface area contributed by atoms with Crippen LogP contribution in [0.2, 0.25) is 0 Å². The van der Waals surface area contributed by atoms with E-state index >= 15 is 0 Å². The molecule has 0 rings (SSSR count). The first-order valence-electron chi connectivity index (χ1n) is 4.14. The number of hydrogen-bond donors (Lipinski definition) is 2. The van der Waals surface area contributed by atoms with Crippen molar-refractivity contribution in [3.05, 3.63) is 0 Å². The van der Waals surface area contributed by atoms with E-state index in [4.69, 9.17) is 0 Å². The highest BCUT2D eigenvalue weighted by atomic mass is 16.3. The highest BCUT2D eigenvalue weighted by Crippen LogP contribution is 2.10. The molecule has 0 unspecified atom stereocenters. The van der Waals surface area contributed by atoms with E-state index in [0.29, 0.717) is 12.0 Å². The second-order valence-electron chi connectivity index (χ2n) is 4.98. The Hall–Kier alpha value is -0.0800. The summed E-state index contributed by atoms with van der Waals surface area (Å²) < 4.78 is 0. The van der Waals surface area contributed by atoms with Gasteiger partial charge in [-0.05, 0) is 19.3 Å². The Morgan fingerprint density at radius 1 is 1.00 bits per heavy atom. The molecule has 0 aromatic carbocycles. The first kappa shape index (κ1) is 10.9. The van der Waals surface area contributed by atoms with Gasteiger partial charge < -0.3 is 10.4 Å². The molecule has 0 fully saturated rings. The maximum atomic E-state index is 9.35. The van der Waals surface area contributed by atoms with Crippen LogP contribution in [0.15, 0.2) is 0 Å². The van der Waals surface area contributed by atoms with Gasteiger partial charge in [-0.25, -0.2) is 0 Å². The lowest BCUT2D eigenvalue weighted by Crippen LogP contribution is -2.38. The molecule has 11 heavy (non-hydrogen) atoms. The van der Waals surface area contributed by atoms with Crippen LogP contribution in [0.4, 0.5) is 0 Å². The van der Waals surface area contributed by atoms with Crippen LogP contribution in [-0.2, 0) is 0 Å². The van der Waals surface area contributed by atoms with E-state index in [-0.39, 0.29) is 0 Å². The molecule has 0 spiro atoms. The fourth-order valence-electron chi connectivity index (χ4n) is 0.743. The monoisotopic (exact) mass is 159 g/mol. The number of aliphatic hydroxyl groups is 1. The van der Waals surface area contributed by atoms with Gasteiger partial charge in [-0.1, -0.05) is 20.8 Å². The second-order valence-corrected chi connectivity index (χ2v) is 4.98. The molecule has 68 valence electrons. The molecule has 0 saturated heterocycles. The van der Waals surface area contributed by atoms with E-state index < -0.39 is 5.60 Å². The third kappa shape index (κ3) is 9.92. The number of rotatable bonds is 3. The molecule has 0 atom stereocenters. The molecule has 0 saturated carbocycles. The van der Waals surface area contributed by atoms with Crippen LogP contribution in [0.1, 0.15) is 34.6 Å². The summed E-state index contributed by atoms with van der Waals surface area (Å²) in [5.74, 6) is 0. The smallest absolute Gasteiger partial charge is 0.0715 e. The van der Waals surface area contributed by atoms with Crippen molar-refractivity contribution in [2.75, 3.05) is 13.1 Å². The molecule has 0 radical (unpaired) electrons. The quantitative estimate of drug-likeness (QED) is 0.652. The fourth-order valence-corrected chi connectivity index (χ4v) is 0.743. The zero-order valence-corrected chi connectivity index (χ0v) is 8.36. The van der Waals surface area contributed by atoms with Crippen LogP contribution in [0.3, 0.4) is 0 Å². The fraction of sp³-hybridized carbons (Fsp3) is 1.00. The molecule has 0 bridgehead atoms. The van der Waals surface area contributed by atoms with Crippen LogP contribution in [0.5, 0.6) is 0 Å². The average molecular weight is 159 g/mol. The van der Waals surface area contributed by atoms with E-state index in [9.17, 15) is 5.11 Å². The van der Waals surface area contributed by atoms with Gasteiger partial charge >= 0.3 is 0 Å². The van der Waals surface area contributed by atoms with Gasteiger partial charge in [0.05, 0.1) is 5.60 Å². The Balaban J connectivity index is 3.44. The average Bonchev–Trinajstić information content (AvgIpc) is 1.55. The van der Waals surface area contributed by atoms with E-state index in [1.807, 2.05) is 13.8 Å². The maximum Gasteiger partial charge on any atom is 0.0715 e. The Kier molecular flexibility index (Phi) is 3.52. The normalized spacial score (nSPS) is 13.6. The lowest BCUT2D eigenvalue weighted by Gasteiger charge is -2.23. The Morgan fingerprint density at radius 2 is 1.45 bits per heavy atom. The van der Waals surface area contributed by atoms with Crippen molar-refractivity contribution >= 4 is 0 Å².